The summed E-state index contributed by atoms with van der Waals surface area (Å²) in [5.74, 6) is -0.0922. The zero-order chi connectivity index (χ0) is 13.2. The molecule has 0 aromatic rings. The highest BCUT2D eigenvalue weighted by Gasteiger charge is 2.43. The molecule has 2 unspecified atom stereocenters. The average Bonchev–Trinajstić information content (AvgIpc) is 3.12. The lowest BCUT2D eigenvalue weighted by Crippen LogP contribution is -2.49. The Hall–Kier alpha value is -0.940. The normalized spacial score (nSPS) is 31.2. The Morgan fingerprint density at radius 2 is 1.89 bits per heavy atom. The molecule has 2 atom stereocenters. The van der Waals surface area contributed by atoms with E-state index in [2.05, 4.69) is 5.32 Å². The first-order valence-electron chi connectivity index (χ1n) is 7.46. The van der Waals surface area contributed by atoms with Gasteiger partial charge in [0, 0.05) is 19.2 Å². The van der Waals surface area contributed by atoms with Crippen LogP contribution in [0.3, 0.4) is 0 Å². The maximum absolute atomic E-state index is 12.6. The second kappa shape index (κ2) is 5.59. The van der Waals surface area contributed by atoms with Crippen molar-refractivity contribution in [2.75, 3.05) is 19.7 Å². The molecule has 2 amide bonds. The van der Waals surface area contributed by atoms with E-state index in [0.29, 0.717) is 13.2 Å². The SMILES string of the molecule is O=C(C1CCCNC1)N(C(=O)C1CCCO1)C1CC1. The maximum Gasteiger partial charge on any atom is 0.258 e. The van der Waals surface area contributed by atoms with Crippen molar-refractivity contribution in [1.82, 2.24) is 10.2 Å². The van der Waals surface area contributed by atoms with Crippen molar-refractivity contribution in [1.29, 1.82) is 0 Å². The van der Waals surface area contributed by atoms with Gasteiger partial charge in [0.05, 0.1) is 5.92 Å². The number of ether oxygens (including phenoxy) is 1. The molecule has 0 spiro atoms. The van der Waals surface area contributed by atoms with E-state index in [-0.39, 0.29) is 29.9 Å². The van der Waals surface area contributed by atoms with Gasteiger partial charge >= 0.3 is 0 Å². The Morgan fingerprint density at radius 1 is 1.05 bits per heavy atom. The molecule has 2 saturated heterocycles. The quantitative estimate of drug-likeness (QED) is 0.763. The summed E-state index contributed by atoms with van der Waals surface area (Å²) in [5, 5.41) is 3.25. The zero-order valence-corrected chi connectivity index (χ0v) is 11.3. The van der Waals surface area contributed by atoms with Crippen molar-refractivity contribution in [3.63, 3.8) is 0 Å². The molecule has 5 heteroatoms. The average molecular weight is 266 g/mol. The molecular weight excluding hydrogens is 244 g/mol. The lowest BCUT2D eigenvalue weighted by molar-refractivity contribution is -0.154. The molecule has 1 saturated carbocycles. The molecule has 1 aliphatic carbocycles. The van der Waals surface area contributed by atoms with E-state index in [1.165, 1.54) is 4.90 Å². The van der Waals surface area contributed by atoms with Crippen LogP contribution in [0.2, 0.25) is 0 Å². The molecule has 0 bridgehead atoms. The largest absolute Gasteiger partial charge is 0.368 e. The molecule has 0 radical (unpaired) electrons. The first-order valence-corrected chi connectivity index (χ1v) is 7.46. The summed E-state index contributed by atoms with van der Waals surface area (Å²) in [4.78, 5) is 26.6. The van der Waals surface area contributed by atoms with E-state index in [1.807, 2.05) is 0 Å². The lowest BCUT2D eigenvalue weighted by atomic mass is 9.97. The van der Waals surface area contributed by atoms with Crippen molar-refractivity contribution in [2.45, 2.75) is 50.7 Å². The minimum absolute atomic E-state index is 0.0233. The summed E-state index contributed by atoms with van der Waals surface area (Å²) in [7, 11) is 0. The van der Waals surface area contributed by atoms with Gasteiger partial charge in [0.15, 0.2) is 0 Å². The Bertz CT molecular complexity index is 356. The van der Waals surface area contributed by atoms with Crippen LogP contribution in [0.5, 0.6) is 0 Å². The van der Waals surface area contributed by atoms with Crippen LogP contribution in [0.1, 0.15) is 38.5 Å². The van der Waals surface area contributed by atoms with Crippen molar-refractivity contribution in [2.24, 2.45) is 5.92 Å². The highest BCUT2D eigenvalue weighted by Crippen LogP contribution is 2.31. The Kier molecular flexibility index (Phi) is 3.84. The van der Waals surface area contributed by atoms with Gasteiger partial charge in [0.2, 0.25) is 5.91 Å². The summed E-state index contributed by atoms with van der Waals surface area (Å²) in [6, 6.07) is 0.145. The predicted octanol–water partition coefficient (Wildman–Crippen LogP) is 0.683. The van der Waals surface area contributed by atoms with Gasteiger partial charge in [0.25, 0.3) is 5.91 Å². The Morgan fingerprint density at radius 3 is 2.47 bits per heavy atom. The van der Waals surface area contributed by atoms with Gasteiger partial charge in [-0.2, -0.15) is 0 Å². The monoisotopic (exact) mass is 266 g/mol. The minimum atomic E-state index is -0.374. The fourth-order valence-electron chi connectivity index (χ4n) is 2.99. The van der Waals surface area contributed by atoms with Gasteiger partial charge < -0.3 is 10.1 Å². The Balaban J connectivity index is 1.68. The summed E-state index contributed by atoms with van der Waals surface area (Å²) in [5.41, 5.74) is 0. The summed E-state index contributed by atoms with van der Waals surface area (Å²) < 4.78 is 5.45. The van der Waals surface area contributed by atoms with Crippen LogP contribution in [0.25, 0.3) is 0 Å². The van der Waals surface area contributed by atoms with Crippen molar-refractivity contribution >= 4 is 11.8 Å². The molecule has 0 aromatic carbocycles. The summed E-state index contributed by atoms with van der Waals surface area (Å²) >= 11 is 0. The molecule has 0 aromatic heterocycles. The van der Waals surface area contributed by atoms with E-state index in [9.17, 15) is 9.59 Å². The lowest BCUT2D eigenvalue weighted by Gasteiger charge is -2.29. The molecular formula is C14H22N2O3. The van der Waals surface area contributed by atoms with Crippen LogP contribution in [0.15, 0.2) is 0 Å². The van der Waals surface area contributed by atoms with Gasteiger partial charge in [-0.05, 0) is 45.1 Å². The first-order chi connectivity index (χ1) is 9.27. The number of imide groups is 1. The number of hydrogen-bond donors (Lipinski definition) is 1. The van der Waals surface area contributed by atoms with E-state index in [4.69, 9.17) is 4.74 Å². The number of nitrogens with one attached hydrogen (secondary N) is 1. The van der Waals surface area contributed by atoms with Gasteiger partial charge in [-0.15, -0.1) is 0 Å². The highest BCUT2D eigenvalue weighted by molar-refractivity contribution is 5.99. The number of carbonyl (C=O) groups excluding carboxylic acids is 2. The number of piperidine rings is 1. The fraction of sp³-hybridized carbons (Fsp3) is 0.857. The number of amides is 2. The van der Waals surface area contributed by atoms with E-state index in [0.717, 1.165) is 45.1 Å². The second-order valence-corrected chi connectivity index (χ2v) is 5.82. The number of nitrogens with zero attached hydrogens (tertiary/aromatic N) is 1. The smallest absolute Gasteiger partial charge is 0.258 e. The van der Waals surface area contributed by atoms with Crippen molar-refractivity contribution in [3.8, 4) is 0 Å². The van der Waals surface area contributed by atoms with E-state index in [1.54, 1.807) is 0 Å². The highest BCUT2D eigenvalue weighted by atomic mass is 16.5. The standard InChI is InChI=1S/C14H22N2O3/c17-13(10-3-1-7-15-9-10)16(11-5-6-11)14(18)12-4-2-8-19-12/h10-12,15H,1-9H2. The maximum atomic E-state index is 12.6. The van der Waals surface area contributed by atoms with Gasteiger partial charge in [-0.1, -0.05) is 0 Å². The van der Waals surface area contributed by atoms with E-state index >= 15 is 0 Å². The minimum Gasteiger partial charge on any atom is -0.368 e. The number of rotatable bonds is 3. The number of carbonyl (C=O) groups is 2. The van der Waals surface area contributed by atoms with Crippen LogP contribution in [0, 0.1) is 5.92 Å². The molecule has 5 nitrogen and oxygen atoms in total. The molecule has 106 valence electrons. The second-order valence-electron chi connectivity index (χ2n) is 5.82. The molecule has 2 heterocycles. The van der Waals surface area contributed by atoms with Gasteiger partial charge in [-0.3, -0.25) is 14.5 Å². The molecule has 1 N–H and O–H groups in total. The van der Waals surface area contributed by atoms with Crippen LogP contribution in [-0.2, 0) is 14.3 Å². The number of hydrogen-bond acceptors (Lipinski definition) is 4. The van der Waals surface area contributed by atoms with Crippen LogP contribution >= 0.6 is 0 Å². The molecule has 19 heavy (non-hydrogen) atoms. The zero-order valence-electron chi connectivity index (χ0n) is 11.3. The van der Waals surface area contributed by atoms with Crippen LogP contribution < -0.4 is 5.32 Å². The third-order valence-electron chi connectivity index (χ3n) is 4.24. The molecule has 3 fully saturated rings. The Labute approximate surface area is 113 Å². The van der Waals surface area contributed by atoms with Gasteiger partial charge in [-0.25, -0.2) is 0 Å². The van der Waals surface area contributed by atoms with Crippen molar-refractivity contribution < 1.29 is 14.3 Å². The molecule has 2 aliphatic heterocycles. The molecule has 3 rings (SSSR count). The summed E-state index contributed by atoms with van der Waals surface area (Å²) in [6.07, 6.45) is 5.15. The molecule has 3 aliphatic rings. The topological polar surface area (TPSA) is 58.6 Å². The third-order valence-corrected chi connectivity index (χ3v) is 4.24. The van der Waals surface area contributed by atoms with Crippen LogP contribution in [0.4, 0.5) is 0 Å². The van der Waals surface area contributed by atoms with E-state index < -0.39 is 0 Å². The van der Waals surface area contributed by atoms with Gasteiger partial charge in [0.1, 0.15) is 6.10 Å². The van der Waals surface area contributed by atoms with Crippen molar-refractivity contribution in [3.05, 3.63) is 0 Å². The fourth-order valence-corrected chi connectivity index (χ4v) is 2.99. The summed E-state index contributed by atoms with van der Waals surface area (Å²) in [6.45, 7) is 2.34. The predicted molar refractivity (Wildman–Crippen MR) is 69.4 cm³/mol. The van der Waals surface area contributed by atoms with Crippen LogP contribution in [-0.4, -0.2) is 48.6 Å². The third kappa shape index (κ3) is 2.82. The first kappa shape index (κ1) is 13.1.